The summed E-state index contributed by atoms with van der Waals surface area (Å²) in [5.41, 5.74) is 1.77. The molecule has 16 heavy (non-hydrogen) atoms. The van der Waals surface area contributed by atoms with Crippen molar-refractivity contribution in [1.82, 2.24) is 0 Å². The van der Waals surface area contributed by atoms with Crippen molar-refractivity contribution >= 4 is 5.97 Å². The van der Waals surface area contributed by atoms with Crippen molar-refractivity contribution in [2.24, 2.45) is 17.3 Å². The summed E-state index contributed by atoms with van der Waals surface area (Å²) in [5.74, 6) is 1.26. The number of fused-ring (bicyclic) bond motifs is 1. The van der Waals surface area contributed by atoms with E-state index in [1.54, 1.807) is 6.08 Å². The lowest BCUT2D eigenvalue weighted by atomic mass is 9.50. The van der Waals surface area contributed by atoms with Crippen molar-refractivity contribution in [2.75, 3.05) is 6.61 Å². The zero-order valence-electron chi connectivity index (χ0n) is 10.3. The fraction of sp³-hybridized carbons (Fsp3) is 0.643. The first-order chi connectivity index (χ1) is 7.54. The zero-order chi connectivity index (χ0) is 11.8. The van der Waals surface area contributed by atoms with Crippen LogP contribution >= 0.6 is 0 Å². The Labute approximate surface area is 97.4 Å². The number of hydrogen-bond donors (Lipinski definition) is 0. The summed E-state index contributed by atoms with van der Waals surface area (Å²) in [6.45, 7) is 6.95. The Bertz CT molecular complexity index is 350. The molecule has 0 saturated heterocycles. The summed E-state index contributed by atoms with van der Waals surface area (Å²) in [6, 6.07) is 0. The van der Waals surface area contributed by atoms with Gasteiger partial charge in [-0.1, -0.05) is 31.6 Å². The number of carbonyl (C=O) groups excluding carboxylic acids is 1. The van der Waals surface area contributed by atoms with Crippen molar-refractivity contribution < 1.29 is 9.53 Å². The van der Waals surface area contributed by atoms with Crippen molar-refractivity contribution in [2.45, 2.75) is 33.6 Å². The van der Waals surface area contributed by atoms with E-state index in [0.717, 1.165) is 12.3 Å². The van der Waals surface area contributed by atoms with Crippen LogP contribution in [0.15, 0.2) is 23.8 Å². The van der Waals surface area contributed by atoms with Gasteiger partial charge >= 0.3 is 5.97 Å². The lowest BCUT2D eigenvalue weighted by Gasteiger charge is -2.55. The monoisotopic (exact) mass is 220 g/mol. The summed E-state index contributed by atoms with van der Waals surface area (Å²) in [4.78, 5) is 11.2. The molecule has 0 N–H and O–H groups in total. The van der Waals surface area contributed by atoms with Gasteiger partial charge < -0.3 is 4.74 Å². The van der Waals surface area contributed by atoms with Crippen LogP contribution in [0.5, 0.6) is 0 Å². The smallest absolute Gasteiger partial charge is 0.330 e. The first-order valence-electron chi connectivity index (χ1n) is 6.09. The largest absolute Gasteiger partial charge is 0.463 e. The Morgan fingerprint density at radius 3 is 2.88 bits per heavy atom. The lowest BCUT2D eigenvalue weighted by Crippen LogP contribution is -2.46. The molecule has 3 rings (SSSR count). The molecule has 1 fully saturated rings. The van der Waals surface area contributed by atoms with Crippen LogP contribution in [0.2, 0.25) is 0 Å². The van der Waals surface area contributed by atoms with Crippen molar-refractivity contribution in [3.63, 3.8) is 0 Å². The summed E-state index contributed by atoms with van der Waals surface area (Å²) in [7, 11) is 0. The molecule has 2 bridgehead atoms. The molecule has 0 aromatic heterocycles. The van der Waals surface area contributed by atoms with Crippen molar-refractivity contribution in [3.8, 4) is 0 Å². The average Bonchev–Trinajstić information content (AvgIpc) is 2.27. The Balaban J connectivity index is 1.96. The SMILES string of the molecule is CCOC(=O)/C=C/C1=C[C@H]2C[C@@H](C1)C2(C)C. The van der Waals surface area contributed by atoms with E-state index in [-0.39, 0.29) is 5.97 Å². The molecule has 88 valence electrons. The van der Waals surface area contributed by atoms with Crippen LogP contribution in [-0.4, -0.2) is 12.6 Å². The molecule has 0 spiro atoms. The maximum Gasteiger partial charge on any atom is 0.330 e. The van der Waals surface area contributed by atoms with Crippen LogP contribution in [0.25, 0.3) is 0 Å². The van der Waals surface area contributed by atoms with Crippen molar-refractivity contribution in [3.05, 3.63) is 23.8 Å². The van der Waals surface area contributed by atoms with E-state index in [9.17, 15) is 4.79 Å². The lowest BCUT2D eigenvalue weighted by molar-refractivity contribution is -0.137. The van der Waals surface area contributed by atoms with Gasteiger partial charge in [0.1, 0.15) is 0 Å². The molecular weight excluding hydrogens is 200 g/mol. The highest BCUT2D eigenvalue weighted by atomic mass is 16.5. The molecule has 0 radical (unpaired) electrons. The molecule has 0 aromatic carbocycles. The molecule has 0 unspecified atom stereocenters. The van der Waals surface area contributed by atoms with Crippen LogP contribution in [0.4, 0.5) is 0 Å². The van der Waals surface area contributed by atoms with Gasteiger partial charge in [0.05, 0.1) is 6.61 Å². The molecule has 0 aromatic rings. The van der Waals surface area contributed by atoms with Gasteiger partial charge in [-0.2, -0.15) is 0 Å². The minimum atomic E-state index is -0.234. The number of carbonyl (C=O) groups is 1. The van der Waals surface area contributed by atoms with E-state index < -0.39 is 0 Å². The highest BCUT2D eigenvalue weighted by molar-refractivity contribution is 5.82. The van der Waals surface area contributed by atoms with Gasteiger partial charge in [0.25, 0.3) is 0 Å². The molecule has 0 heterocycles. The molecule has 1 saturated carbocycles. The standard InChI is InChI=1S/C14H20O2/c1-4-16-13(15)6-5-10-7-11-9-12(8-10)14(11,2)3/h5-7,11-12H,4,8-9H2,1-3H3/b6-5+/t11-,12+/m0/s1. The maximum atomic E-state index is 11.2. The second-order valence-corrected chi connectivity index (χ2v) is 5.39. The maximum absolute atomic E-state index is 11.2. The molecule has 3 aliphatic rings. The molecule has 2 nitrogen and oxygen atoms in total. The number of ether oxygens (including phenoxy) is 1. The first kappa shape index (κ1) is 11.4. The van der Waals surface area contributed by atoms with Gasteiger partial charge in [-0.05, 0) is 37.0 Å². The van der Waals surface area contributed by atoms with E-state index in [1.807, 2.05) is 13.0 Å². The molecular formula is C14H20O2. The van der Waals surface area contributed by atoms with Crippen LogP contribution in [0.1, 0.15) is 33.6 Å². The summed E-state index contributed by atoms with van der Waals surface area (Å²) in [5, 5.41) is 0. The van der Waals surface area contributed by atoms with Crippen LogP contribution in [0, 0.1) is 17.3 Å². The Kier molecular flexibility index (Phi) is 2.92. The number of rotatable bonds is 3. The van der Waals surface area contributed by atoms with Crippen molar-refractivity contribution in [1.29, 1.82) is 0 Å². The van der Waals surface area contributed by atoms with E-state index in [4.69, 9.17) is 4.74 Å². The Hall–Kier alpha value is -1.05. The number of hydrogen-bond acceptors (Lipinski definition) is 2. The number of esters is 1. The van der Waals surface area contributed by atoms with Gasteiger partial charge in [-0.3, -0.25) is 0 Å². The highest BCUT2D eigenvalue weighted by Crippen LogP contribution is 2.58. The average molecular weight is 220 g/mol. The second-order valence-electron chi connectivity index (χ2n) is 5.39. The third-order valence-corrected chi connectivity index (χ3v) is 4.16. The molecule has 0 amide bonds. The normalized spacial score (nSPS) is 30.8. The van der Waals surface area contributed by atoms with Gasteiger partial charge in [-0.15, -0.1) is 0 Å². The Morgan fingerprint density at radius 1 is 1.62 bits per heavy atom. The van der Waals surface area contributed by atoms with Crippen LogP contribution in [-0.2, 0) is 9.53 Å². The van der Waals surface area contributed by atoms with Gasteiger partial charge in [0, 0.05) is 6.08 Å². The minimum absolute atomic E-state index is 0.234. The fourth-order valence-corrected chi connectivity index (χ4v) is 2.79. The molecule has 0 aliphatic heterocycles. The van der Waals surface area contributed by atoms with Gasteiger partial charge in [0.2, 0.25) is 0 Å². The predicted molar refractivity (Wildman–Crippen MR) is 63.9 cm³/mol. The summed E-state index contributed by atoms with van der Waals surface area (Å²) >= 11 is 0. The minimum Gasteiger partial charge on any atom is -0.463 e. The van der Waals surface area contributed by atoms with Gasteiger partial charge in [-0.25, -0.2) is 4.79 Å². The molecule has 2 heteroatoms. The van der Waals surface area contributed by atoms with E-state index in [0.29, 0.717) is 17.9 Å². The fourth-order valence-electron chi connectivity index (χ4n) is 2.79. The van der Waals surface area contributed by atoms with Gasteiger partial charge in [0.15, 0.2) is 0 Å². The first-order valence-corrected chi connectivity index (χ1v) is 6.09. The highest BCUT2D eigenvalue weighted by Gasteiger charge is 2.49. The third-order valence-electron chi connectivity index (χ3n) is 4.16. The topological polar surface area (TPSA) is 26.3 Å². The third kappa shape index (κ3) is 1.93. The van der Waals surface area contributed by atoms with E-state index >= 15 is 0 Å². The van der Waals surface area contributed by atoms with Crippen LogP contribution in [0.3, 0.4) is 0 Å². The van der Waals surface area contributed by atoms with E-state index in [2.05, 4.69) is 19.9 Å². The quantitative estimate of drug-likeness (QED) is 0.539. The zero-order valence-corrected chi connectivity index (χ0v) is 10.3. The molecule has 3 aliphatic carbocycles. The summed E-state index contributed by atoms with van der Waals surface area (Å²) in [6.07, 6.45) is 8.23. The molecule has 2 atom stereocenters. The second kappa shape index (κ2) is 4.08. The predicted octanol–water partition coefficient (Wildman–Crippen LogP) is 3.10. The van der Waals surface area contributed by atoms with Crippen LogP contribution < -0.4 is 0 Å². The Morgan fingerprint density at radius 2 is 2.38 bits per heavy atom. The summed E-state index contributed by atoms with van der Waals surface area (Å²) < 4.78 is 4.86. The number of allylic oxidation sites excluding steroid dienone is 3. The van der Waals surface area contributed by atoms with E-state index in [1.165, 1.54) is 12.0 Å².